The third-order valence-corrected chi connectivity index (χ3v) is 1.46. The van der Waals surface area contributed by atoms with Crippen LogP contribution in [0.3, 0.4) is 0 Å². The van der Waals surface area contributed by atoms with Gasteiger partial charge in [0.1, 0.15) is 5.78 Å². The smallest absolute Gasteiger partial charge is 0.134 e. The summed E-state index contributed by atoms with van der Waals surface area (Å²) >= 11 is 0. The molecule has 0 bridgehead atoms. The van der Waals surface area contributed by atoms with Gasteiger partial charge in [-0.15, -0.1) is 0 Å². The summed E-state index contributed by atoms with van der Waals surface area (Å²) in [7, 11) is 0. The summed E-state index contributed by atoms with van der Waals surface area (Å²) in [6.07, 6.45) is 1.89. The summed E-state index contributed by atoms with van der Waals surface area (Å²) < 4.78 is 0. The minimum Gasteiger partial charge on any atom is -0.387 e. The summed E-state index contributed by atoms with van der Waals surface area (Å²) in [5, 5.41) is 0. The van der Waals surface area contributed by atoms with E-state index in [2.05, 4.69) is 4.99 Å². The number of hydrogen-bond donors (Lipinski definition) is 1. The highest BCUT2D eigenvalue weighted by Crippen LogP contribution is 1.89. The van der Waals surface area contributed by atoms with Crippen LogP contribution in [-0.4, -0.2) is 18.2 Å². The number of amidine groups is 1. The number of Topliss-reactive ketones (excluding diaryl/α,β-unsaturated/α-hetero) is 1. The van der Waals surface area contributed by atoms with Crippen molar-refractivity contribution < 1.29 is 4.79 Å². The minimum absolute atomic E-state index is 0.248. The van der Waals surface area contributed by atoms with Crippen LogP contribution < -0.4 is 5.73 Å². The van der Waals surface area contributed by atoms with Crippen molar-refractivity contribution in [2.45, 2.75) is 33.1 Å². The Balaban J connectivity index is 3.48. The predicted octanol–water partition coefficient (Wildman–Crippen LogP) is 1.12. The molecular weight excluding hydrogens is 140 g/mol. The third-order valence-electron chi connectivity index (χ3n) is 1.46. The van der Waals surface area contributed by atoms with Gasteiger partial charge in [-0.3, -0.25) is 9.79 Å². The van der Waals surface area contributed by atoms with Crippen LogP contribution in [0.25, 0.3) is 0 Å². The van der Waals surface area contributed by atoms with Crippen molar-refractivity contribution in [3.05, 3.63) is 0 Å². The highest BCUT2D eigenvalue weighted by molar-refractivity contribution is 5.81. The number of ketones is 1. The van der Waals surface area contributed by atoms with Gasteiger partial charge in [0, 0.05) is 25.8 Å². The summed E-state index contributed by atoms with van der Waals surface area (Å²) in [6.45, 7) is 4.35. The molecule has 64 valence electrons. The quantitative estimate of drug-likeness (QED) is 0.479. The number of nitrogens with two attached hydrogens (primary N) is 1. The lowest BCUT2D eigenvalue weighted by molar-refractivity contribution is -0.118. The Morgan fingerprint density at radius 3 is 2.45 bits per heavy atom. The van der Waals surface area contributed by atoms with Crippen LogP contribution in [0, 0.1) is 0 Å². The van der Waals surface area contributed by atoms with Crippen molar-refractivity contribution in [2.75, 3.05) is 6.54 Å². The maximum Gasteiger partial charge on any atom is 0.134 e. The Hall–Kier alpha value is -0.860. The maximum atomic E-state index is 10.8. The van der Waals surface area contributed by atoms with Crippen molar-refractivity contribution in [1.82, 2.24) is 0 Å². The van der Waals surface area contributed by atoms with Crippen LogP contribution in [0.4, 0.5) is 0 Å². The van der Waals surface area contributed by atoms with Crippen molar-refractivity contribution >= 4 is 11.6 Å². The van der Waals surface area contributed by atoms with Gasteiger partial charge in [0.05, 0.1) is 5.84 Å². The zero-order chi connectivity index (χ0) is 8.69. The van der Waals surface area contributed by atoms with Crippen molar-refractivity contribution in [1.29, 1.82) is 0 Å². The van der Waals surface area contributed by atoms with Gasteiger partial charge in [0.2, 0.25) is 0 Å². The van der Waals surface area contributed by atoms with Crippen LogP contribution in [0.15, 0.2) is 4.99 Å². The van der Waals surface area contributed by atoms with Crippen molar-refractivity contribution in [3.8, 4) is 0 Å². The number of carbonyl (C=O) groups excluding carboxylic acids is 1. The molecule has 0 aliphatic rings. The monoisotopic (exact) mass is 156 g/mol. The Morgan fingerprint density at radius 2 is 2.00 bits per heavy atom. The number of carbonyl (C=O) groups is 1. The fourth-order valence-corrected chi connectivity index (χ4v) is 0.613. The van der Waals surface area contributed by atoms with Crippen LogP contribution in [0.5, 0.6) is 0 Å². The van der Waals surface area contributed by atoms with E-state index in [-0.39, 0.29) is 5.78 Å². The van der Waals surface area contributed by atoms with E-state index < -0.39 is 0 Å². The molecule has 0 aromatic heterocycles. The topological polar surface area (TPSA) is 55.5 Å². The number of hydrogen-bond acceptors (Lipinski definition) is 2. The zero-order valence-electron chi connectivity index (χ0n) is 7.26. The molecule has 0 amide bonds. The van der Waals surface area contributed by atoms with E-state index in [1.807, 2.05) is 13.8 Å². The summed E-state index contributed by atoms with van der Waals surface area (Å²) in [5.74, 6) is 0.881. The van der Waals surface area contributed by atoms with Crippen LogP contribution in [0.1, 0.15) is 33.1 Å². The van der Waals surface area contributed by atoms with Gasteiger partial charge in [-0.1, -0.05) is 13.8 Å². The summed E-state index contributed by atoms with van der Waals surface area (Å²) in [5.41, 5.74) is 5.44. The van der Waals surface area contributed by atoms with Crippen molar-refractivity contribution in [2.24, 2.45) is 10.7 Å². The van der Waals surface area contributed by atoms with Crippen LogP contribution in [0.2, 0.25) is 0 Å². The number of aliphatic imine (C=N–C) groups is 1. The zero-order valence-corrected chi connectivity index (χ0v) is 7.26. The molecule has 2 N–H and O–H groups in total. The minimum atomic E-state index is 0.248. The predicted molar refractivity (Wildman–Crippen MR) is 46.7 cm³/mol. The Morgan fingerprint density at radius 1 is 1.36 bits per heavy atom. The second-order valence-corrected chi connectivity index (χ2v) is 2.37. The van der Waals surface area contributed by atoms with E-state index in [1.165, 1.54) is 0 Å². The van der Waals surface area contributed by atoms with Gasteiger partial charge < -0.3 is 5.73 Å². The van der Waals surface area contributed by atoms with Gasteiger partial charge >= 0.3 is 0 Å². The highest BCUT2D eigenvalue weighted by Gasteiger charge is 1.95. The van der Waals surface area contributed by atoms with Gasteiger partial charge in [-0.25, -0.2) is 0 Å². The fraction of sp³-hybridized carbons (Fsp3) is 0.750. The van der Waals surface area contributed by atoms with Gasteiger partial charge in [0.25, 0.3) is 0 Å². The molecular formula is C8H16N2O. The van der Waals surface area contributed by atoms with Gasteiger partial charge in [-0.2, -0.15) is 0 Å². The molecule has 0 aliphatic carbocycles. The lowest BCUT2D eigenvalue weighted by Crippen LogP contribution is -2.11. The van der Waals surface area contributed by atoms with Crippen molar-refractivity contribution in [3.63, 3.8) is 0 Å². The number of nitrogens with zero attached hydrogens (tertiary/aromatic N) is 1. The van der Waals surface area contributed by atoms with E-state index in [1.54, 1.807) is 0 Å². The molecule has 0 unspecified atom stereocenters. The summed E-state index contributed by atoms with van der Waals surface area (Å²) in [6, 6.07) is 0. The average molecular weight is 156 g/mol. The first-order valence-corrected chi connectivity index (χ1v) is 4.01. The van der Waals surface area contributed by atoms with E-state index >= 15 is 0 Å². The van der Waals surface area contributed by atoms with E-state index in [0.29, 0.717) is 25.2 Å². The van der Waals surface area contributed by atoms with E-state index in [0.717, 1.165) is 6.42 Å². The molecule has 0 saturated heterocycles. The number of rotatable bonds is 5. The molecule has 0 radical (unpaired) electrons. The molecule has 11 heavy (non-hydrogen) atoms. The Labute approximate surface area is 67.7 Å². The molecule has 3 nitrogen and oxygen atoms in total. The molecule has 3 heteroatoms. The molecule has 0 rings (SSSR count). The first-order valence-electron chi connectivity index (χ1n) is 4.01. The standard InChI is InChI=1S/C8H16N2O/c1-3-7(11)5-6-10-8(9)4-2/h3-6H2,1-2H3,(H2,9,10). The molecule has 0 fully saturated rings. The second-order valence-electron chi connectivity index (χ2n) is 2.37. The molecule has 0 aromatic carbocycles. The van der Waals surface area contributed by atoms with Gasteiger partial charge in [0.15, 0.2) is 0 Å². The lowest BCUT2D eigenvalue weighted by atomic mass is 10.2. The molecule has 0 aromatic rings. The van der Waals surface area contributed by atoms with E-state index in [9.17, 15) is 4.79 Å². The maximum absolute atomic E-state index is 10.8. The lowest BCUT2D eigenvalue weighted by Gasteiger charge is -1.95. The average Bonchev–Trinajstić information content (AvgIpc) is 2.04. The highest BCUT2D eigenvalue weighted by atomic mass is 16.1. The first-order chi connectivity index (χ1) is 5.20. The molecule has 0 aliphatic heterocycles. The molecule has 0 atom stereocenters. The first kappa shape index (κ1) is 10.1. The molecule has 0 saturated carbocycles. The van der Waals surface area contributed by atoms with Crippen LogP contribution >= 0.6 is 0 Å². The molecule has 0 heterocycles. The Bertz CT molecular complexity index is 152. The van der Waals surface area contributed by atoms with Gasteiger partial charge in [-0.05, 0) is 0 Å². The molecule has 0 spiro atoms. The third kappa shape index (κ3) is 5.58. The van der Waals surface area contributed by atoms with E-state index in [4.69, 9.17) is 5.73 Å². The SMILES string of the molecule is CCC(=O)CCN=C(N)CC. The Kier molecular flexibility index (Phi) is 5.43. The fourth-order valence-electron chi connectivity index (χ4n) is 0.613. The second kappa shape index (κ2) is 5.89. The summed E-state index contributed by atoms with van der Waals surface area (Å²) in [4.78, 5) is 14.8. The van der Waals surface area contributed by atoms with Crippen LogP contribution in [-0.2, 0) is 4.79 Å². The largest absolute Gasteiger partial charge is 0.387 e. The normalized spacial score (nSPS) is 11.6.